The Hall–Kier alpha value is -1.83. The van der Waals surface area contributed by atoms with Crippen LogP contribution in [0.1, 0.15) is 56.9 Å². The molecule has 1 unspecified atom stereocenters. The summed E-state index contributed by atoms with van der Waals surface area (Å²) >= 11 is 0. The number of aliphatic carboxylic acids is 1. The highest BCUT2D eigenvalue weighted by Gasteiger charge is 2.21. The molecule has 0 aromatic heterocycles. The van der Waals surface area contributed by atoms with E-state index in [1.54, 1.807) is 0 Å². The molecule has 2 rings (SSSR count). The molecule has 0 aliphatic rings. The molecule has 0 saturated heterocycles. The normalized spacial score (nSPS) is 12.4. The zero-order valence-corrected chi connectivity index (χ0v) is 12.7. The number of hydrogen-bond donors (Lipinski definition) is 1. The topological polar surface area (TPSA) is 37.3 Å². The van der Waals surface area contributed by atoms with E-state index in [1.165, 1.54) is 19.3 Å². The molecule has 0 spiro atoms. The Morgan fingerprint density at radius 2 is 1.71 bits per heavy atom. The van der Waals surface area contributed by atoms with Gasteiger partial charge in [0.05, 0.1) is 5.92 Å². The molecule has 1 N–H and O–H groups in total. The van der Waals surface area contributed by atoms with Crippen LogP contribution in [0.15, 0.2) is 42.5 Å². The molecule has 2 heteroatoms. The molecule has 0 bridgehead atoms. The number of hydrogen-bond acceptors (Lipinski definition) is 1. The minimum absolute atomic E-state index is 0.391. The maximum Gasteiger partial charge on any atom is 0.310 e. The lowest BCUT2D eigenvalue weighted by atomic mass is 9.89. The standard InChI is InChI=1S/C19H24O2/c1-2-3-4-5-6-13-18(19(20)21)17-14-9-11-15-10-7-8-12-16(15)17/h7-12,14,18H,2-6,13H2,1H3,(H,20,21). The molecule has 0 saturated carbocycles. The van der Waals surface area contributed by atoms with Crippen molar-refractivity contribution < 1.29 is 9.90 Å². The highest BCUT2D eigenvalue weighted by atomic mass is 16.4. The fourth-order valence-corrected chi connectivity index (χ4v) is 2.92. The first-order valence-corrected chi connectivity index (χ1v) is 7.94. The van der Waals surface area contributed by atoms with Crippen molar-refractivity contribution in [1.29, 1.82) is 0 Å². The third-order valence-electron chi connectivity index (χ3n) is 4.09. The highest BCUT2D eigenvalue weighted by Crippen LogP contribution is 2.29. The number of carboxylic acids is 1. The van der Waals surface area contributed by atoms with Gasteiger partial charge in [-0.25, -0.2) is 0 Å². The van der Waals surface area contributed by atoms with Gasteiger partial charge in [-0.15, -0.1) is 0 Å². The van der Waals surface area contributed by atoms with Gasteiger partial charge >= 0.3 is 5.97 Å². The summed E-state index contributed by atoms with van der Waals surface area (Å²) in [5.41, 5.74) is 0.955. The molecule has 1 atom stereocenters. The summed E-state index contributed by atoms with van der Waals surface area (Å²) in [5.74, 6) is -1.10. The SMILES string of the molecule is CCCCCCCC(C(=O)O)c1cccc2ccccc12. The fourth-order valence-electron chi connectivity index (χ4n) is 2.92. The lowest BCUT2D eigenvalue weighted by molar-refractivity contribution is -0.139. The summed E-state index contributed by atoms with van der Waals surface area (Å²) in [4.78, 5) is 11.7. The zero-order chi connectivity index (χ0) is 15.1. The van der Waals surface area contributed by atoms with Crippen LogP contribution in [0.4, 0.5) is 0 Å². The van der Waals surface area contributed by atoms with E-state index in [-0.39, 0.29) is 0 Å². The van der Waals surface area contributed by atoms with Crippen LogP contribution in [0, 0.1) is 0 Å². The van der Waals surface area contributed by atoms with E-state index in [9.17, 15) is 9.90 Å². The molecular formula is C19H24O2. The van der Waals surface area contributed by atoms with E-state index >= 15 is 0 Å². The van der Waals surface area contributed by atoms with Gasteiger partial charge in [0.2, 0.25) is 0 Å². The predicted octanol–water partition coefficient (Wildman–Crippen LogP) is 5.37. The van der Waals surface area contributed by atoms with Crippen LogP contribution < -0.4 is 0 Å². The van der Waals surface area contributed by atoms with Crippen LogP contribution in [-0.4, -0.2) is 11.1 Å². The van der Waals surface area contributed by atoms with Gasteiger partial charge in [0.1, 0.15) is 0 Å². The summed E-state index contributed by atoms with van der Waals surface area (Å²) in [6.07, 6.45) is 6.51. The Labute approximate surface area is 126 Å². The van der Waals surface area contributed by atoms with Crippen LogP contribution in [0.5, 0.6) is 0 Å². The van der Waals surface area contributed by atoms with Crippen LogP contribution in [-0.2, 0) is 4.79 Å². The average molecular weight is 284 g/mol. The van der Waals surface area contributed by atoms with Crippen molar-refractivity contribution in [3.63, 3.8) is 0 Å². The van der Waals surface area contributed by atoms with E-state index in [4.69, 9.17) is 0 Å². The molecule has 2 aromatic carbocycles. The van der Waals surface area contributed by atoms with Crippen molar-refractivity contribution in [2.24, 2.45) is 0 Å². The fraction of sp³-hybridized carbons (Fsp3) is 0.421. The summed E-state index contributed by atoms with van der Waals surface area (Å²) in [6.45, 7) is 2.19. The predicted molar refractivity (Wildman–Crippen MR) is 87.7 cm³/mol. The number of unbranched alkanes of at least 4 members (excludes halogenated alkanes) is 4. The van der Waals surface area contributed by atoms with Gasteiger partial charge in [-0.05, 0) is 22.8 Å². The number of carbonyl (C=O) groups is 1. The third kappa shape index (κ3) is 4.07. The van der Waals surface area contributed by atoms with E-state index in [1.807, 2.05) is 42.5 Å². The lowest BCUT2D eigenvalue weighted by Gasteiger charge is -2.15. The van der Waals surface area contributed by atoms with Gasteiger partial charge in [0, 0.05) is 0 Å². The van der Waals surface area contributed by atoms with Crippen molar-refractivity contribution in [1.82, 2.24) is 0 Å². The second-order valence-electron chi connectivity index (χ2n) is 5.66. The van der Waals surface area contributed by atoms with Gasteiger partial charge in [-0.1, -0.05) is 81.5 Å². The van der Waals surface area contributed by atoms with E-state index < -0.39 is 11.9 Å². The Bertz CT molecular complexity index is 584. The third-order valence-corrected chi connectivity index (χ3v) is 4.09. The zero-order valence-electron chi connectivity index (χ0n) is 12.7. The van der Waals surface area contributed by atoms with Crippen LogP contribution in [0.25, 0.3) is 10.8 Å². The minimum atomic E-state index is -0.707. The quantitative estimate of drug-likeness (QED) is 0.662. The van der Waals surface area contributed by atoms with E-state index in [2.05, 4.69) is 6.92 Å². The molecule has 0 radical (unpaired) electrons. The molecule has 0 aliphatic heterocycles. The highest BCUT2D eigenvalue weighted by molar-refractivity contribution is 5.90. The van der Waals surface area contributed by atoms with Gasteiger partial charge in [0.15, 0.2) is 0 Å². The number of benzene rings is 2. The van der Waals surface area contributed by atoms with E-state index in [0.29, 0.717) is 0 Å². The van der Waals surface area contributed by atoms with E-state index in [0.717, 1.165) is 35.6 Å². The van der Waals surface area contributed by atoms with Gasteiger partial charge in [0.25, 0.3) is 0 Å². The maximum absolute atomic E-state index is 11.7. The number of fused-ring (bicyclic) bond motifs is 1. The Balaban J connectivity index is 2.15. The smallest absolute Gasteiger partial charge is 0.310 e. The van der Waals surface area contributed by atoms with Gasteiger partial charge < -0.3 is 5.11 Å². The maximum atomic E-state index is 11.7. The monoisotopic (exact) mass is 284 g/mol. The molecule has 112 valence electrons. The minimum Gasteiger partial charge on any atom is -0.481 e. The number of rotatable bonds is 8. The second-order valence-corrected chi connectivity index (χ2v) is 5.66. The molecular weight excluding hydrogens is 260 g/mol. The van der Waals surface area contributed by atoms with Gasteiger partial charge in [-0.3, -0.25) is 4.79 Å². The molecule has 2 nitrogen and oxygen atoms in total. The Morgan fingerprint density at radius 1 is 1.00 bits per heavy atom. The Kier molecular flexibility index (Phi) is 5.79. The molecule has 2 aromatic rings. The first kappa shape index (κ1) is 15.6. The van der Waals surface area contributed by atoms with Crippen molar-refractivity contribution in [3.05, 3.63) is 48.0 Å². The van der Waals surface area contributed by atoms with Crippen LogP contribution in [0.2, 0.25) is 0 Å². The van der Waals surface area contributed by atoms with Crippen molar-refractivity contribution in [3.8, 4) is 0 Å². The molecule has 0 aliphatic carbocycles. The van der Waals surface area contributed by atoms with Crippen LogP contribution in [0.3, 0.4) is 0 Å². The summed E-state index contributed by atoms with van der Waals surface area (Å²) in [7, 11) is 0. The Morgan fingerprint density at radius 3 is 2.48 bits per heavy atom. The molecule has 0 heterocycles. The van der Waals surface area contributed by atoms with Gasteiger partial charge in [-0.2, -0.15) is 0 Å². The number of carboxylic acid groups (broad SMARTS) is 1. The van der Waals surface area contributed by atoms with Crippen molar-refractivity contribution >= 4 is 16.7 Å². The lowest BCUT2D eigenvalue weighted by Crippen LogP contribution is -2.12. The molecule has 0 fully saturated rings. The largest absolute Gasteiger partial charge is 0.481 e. The molecule has 0 amide bonds. The van der Waals surface area contributed by atoms with Crippen molar-refractivity contribution in [2.75, 3.05) is 0 Å². The van der Waals surface area contributed by atoms with Crippen molar-refractivity contribution in [2.45, 2.75) is 51.4 Å². The summed E-state index contributed by atoms with van der Waals surface area (Å²) < 4.78 is 0. The summed E-state index contributed by atoms with van der Waals surface area (Å²) in [5, 5.41) is 11.8. The summed E-state index contributed by atoms with van der Waals surface area (Å²) in [6, 6.07) is 14.0. The second kappa shape index (κ2) is 7.82. The first-order chi connectivity index (χ1) is 10.2. The van der Waals surface area contributed by atoms with Crippen LogP contribution >= 0.6 is 0 Å². The molecule has 21 heavy (non-hydrogen) atoms. The first-order valence-electron chi connectivity index (χ1n) is 7.94. The average Bonchev–Trinajstić information content (AvgIpc) is 2.50.